The van der Waals surface area contributed by atoms with Crippen LogP contribution in [0.25, 0.3) is 0 Å². The van der Waals surface area contributed by atoms with Crippen molar-refractivity contribution in [2.45, 2.75) is 13.5 Å². The summed E-state index contributed by atoms with van der Waals surface area (Å²) in [4.78, 5) is 23.2. The van der Waals surface area contributed by atoms with Crippen LogP contribution in [0.1, 0.15) is 16.7 Å². The number of benzene rings is 2. The highest BCUT2D eigenvalue weighted by Gasteiger charge is 2.11. The maximum atomic E-state index is 11.6. The highest BCUT2D eigenvalue weighted by molar-refractivity contribution is 6.35. The molecule has 0 heterocycles. The van der Waals surface area contributed by atoms with Gasteiger partial charge in [0.2, 0.25) is 0 Å². The second kappa shape index (κ2) is 7.74. The van der Waals surface area contributed by atoms with E-state index >= 15 is 0 Å². The number of nitrogens with one attached hydrogen (secondary N) is 2. The van der Waals surface area contributed by atoms with Gasteiger partial charge in [-0.2, -0.15) is 5.10 Å². The molecule has 0 unspecified atom stereocenters. The number of nitrogens with zero attached hydrogens (tertiary/aromatic N) is 1. The molecule has 0 aliphatic heterocycles. The Morgan fingerprint density at radius 2 is 1.78 bits per heavy atom. The van der Waals surface area contributed by atoms with Gasteiger partial charge < -0.3 is 10.4 Å². The van der Waals surface area contributed by atoms with Crippen molar-refractivity contribution in [3.8, 4) is 5.75 Å². The van der Waals surface area contributed by atoms with E-state index in [-0.39, 0.29) is 12.3 Å². The Balaban J connectivity index is 1.82. The third-order valence-corrected chi connectivity index (χ3v) is 3.09. The van der Waals surface area contributed by atoms with Crippen molar-refractivity contribution >= 4 is 18.0 Å². The van der Waals surface area contributed by atoms with Gasteiger partial charge in [0.25, 0.3) is 0 Å². The number of amides is 2. The number of aryl methyl sites for hydroxylation is 1. The molecule has 0 saturated heterocycles. The molecule has 0 atom stereocenters. The molecule has 6 heteroatoms. The van der Waals surface area contributed by atoms with E-state index in [0.29, 0.717) is 5.56 Å². The van der Waals surface area contributed by atoms with Gasteiger partial charge in [-0.05, 0) is 24.6 Å². The topological polar surface area (TPSA) is 90.8 Å². The Morgan fingerprint density at radius 3 is 2.48 bits per heavy atom. The van der Waals surface area contributed by atoms with E-state index in [1.165, 1.54) is 12.3 Å². The van der Waals surface area contributed by atoms with Crippen LogP contribution < -0.4 is 10.7 Å². The number of hydrazone groups is 1. The molecule has 0 saturated carbocycles. The lowest BCUT2D eigenvalue weighted by Crippen LogP contribution is -2.37. The summed E-state index contributed by atoms with van der Waals surface area (Å²) in [5, 5.41) is 15.7. The summed E-state index contributed by atoms with van der Waals surface area (Å²) < 4.78 is 0. The lowest BCUT2D eigenvalue weighted by Gasteiger charge is -2.04. The molecular weight excluding hydrogens is 294 g/mol. The van der Waals surface area contributed by atoms with Crippen molar-refractivity contribution in [2.75, 3.05) is 0 Å². The minimum Gasteiger partial charge on any atom is -0.507 e. The molecule has 2 amide bonds. The highest BCUT2D eigenvalue weighted by atomic mass is 16.3. The smallest absolute Gasteiger partial charge is 0.329 e. The monoisotopic (exact) mass is 311 g/mol. The van der Waals surface area contributed by atoms with Crippen LogP contribution in [0.4, 0.5) is 0 Å². The predicted octanol–water partition coefficient (Wildman–Crippen LogP) is 1.47. The number of para-hydroxylation sites is 1. The van der Waals surface area contributed by atoms with Crippen LogP contribution in [0.5, 0.6) is 5.75 Å². The van der Waals surface area contributed by atoms with Crippen LogP contribution in [0.15, 0.2) is 53.6 Å². The molecule has 0 aliphatic carbocycles. The molecule has 118 valence electrons. The lowest BCUT2D eigenvalue weighted by atomic mass is 10.1. The minimum atomic E-state index is -0.871. The molecule has 23 heavy (non-hydrogen) atoms. The SMILES string of the molecule is Cc1ccc(CNC(=O)C(=O)N/N=C/c2ccccc2O)cc1. The third kappa shape index (κ3) is 4.96. The van der Waals surface area contributed by atoms with Gasteiger partial charge in [0.05, 0.1) is 6.21 Å². The van der Waals surface area contributed by atoms with Crippen LogP contribution in [0.2, 0.25) is 0 Å². The van der Waals surface area contributed by atoms with Gasteiger partial charge in [-0.3, -0.25) is 9.59 Å². The van der Waals surface area contributed by atoms with Gasteiger partial charge in [-0.15, -0.1) is 0 Å². The summed E-state index contributed by atoms with van der Waals surface area (Å²) >= 11 is 0. The van der Waals surface area contributed by atoms with E-state index in [1.807, 2.05) is 31.2 Å². The summed E-state index contributed by atoms with van der Waals surface area (Å²) in [6, 6.07) is 14.1. The summed E-state index contributed by atoms with van der Waals surface area (Å²) in [5.74, 6) is -1.61. The maximum Gasteiger partial charge on any atom is 0.329 e. The number of carbonyl (C=O) groups is 2. The van der Waals surface area contributed by atoms with E-state index in [9.17, 15) is 14.7 Å². The third-order valence-electron chi connectivity index (χ3n) is 3.09. The van der Waals surface area contributed by atoms with Gasteiger partial charge >= 0.3 is 11.8 Å². The van der Waals surface area contributed by atoms with Crippen molar-refractivity contribution in [3.05, 3.63) is 65.2 Å². The van der Waals surface area contributed by atoms with Crippen molar-refractivity contribution in [1.29, 1.82) is 0 Å². The van der Waals surface area contributed by atoms with Crippen LogP contribution in [0, 0.1) is 6.92 Å². The zero-order chi connectivity index (χ0) is 16.7. The summed E-state index contributed by atoms with van der Waals surface area (Å²) in [6.45, 7) is 2.23. The number of carbonyl (C=O) groups excluding carboxylic acids is 2. The van der Waals surface area contributed by atoms with Crippen LogP contribution in [-0.4, -0.2) is 23.1 Å². The molecule has 0 aromatic heterocycles. The van der Waals surface area contributed by atoms with Crippen molar-refractivity contribution in [1.82, 2.24) is 10.7 Å². The molecule has 2 aromatic carbocycles. The molecule has 2 rings (SSSR count). The predicted molar refractivity (Wildman–Crippen MR) is 86.9 cm³/mol. The normalized spacial score (nSPS) is 10.5. The molecule has 0 aliphatic rings. The standard InChI is InChI=1S/C17H17N3O3/c1-12-6-8-13(9-7-12)10-18-16(22)17(23)20-19-11-14-4-2-3-5-15(14)21/h2-9,11,21H,10H2,1H3,(H,18,22)(H,20,23)/b19-11+. The van der Waals surface area contributed by atoms with Crippen LogP contribution >= 0.6 is 0 Å². The first kappa shape index (κ1) is 16.2. The fourth-order valence-corrected chi connectivity index (χ4v) is 1.78. The molecular formula is C17H17N3O3. The fourth-order valence-electron chi connectivity index (χ4n) is 1.78. The average Bonchev–Trinajstić information content (AvgIpc) is 2.55. The number of hydrogen-bond donors (Lipinski definition) is 3. The fraction of sp³-hybridized carbons (Fsp3) is 0.118. The van der Waals surface area contributed by atoms with E-state index < -0.39 is 11.8 Å². The van der Waals surface area contributed by atoms with Gasteiger partial charge in [0.1, 0.15) is 5.75 Å². The quantitative estimate of drug-likeness (QED) is 0.453. The number of hydrogen-bond acceptors (Lipinski definition) is 4. The second-order valence-corrected chi connectivity index (χ2v) is 4.93. The first-order chi connectivity index (χ1) is 11.1. The van der Waals surface area contributed by atoms with E-state index in [2.05, 4.69) is 15.8 Å². The molecule has 6 nitrogen and oxygen atoms in total. The van der Waals surface area contributed by atoms with Crippen molar-refractivity contribution in [2.24, 2.45) is 5.10 Å². The molecule has 0 spiro atoms. The molecule has 3 N–H and O–H groups in total. The Kier molecular flexibility index (Phi) is 5.46. The Bertz CT molecular complexity index is 724. The number of rotatable bonds is 4. The molecule has 2 aromatic rings. The highest BCUT2D eigenvalue weighted by Crippen LogP contribution is 2.12. The summed E-state index contributed by atoms with van der Waals surface area (Å²) in [6.07, 6.45) is 1.26. The molecule has 0 bridgehead atoms. The van der Waals surface area contributed by atoms with Gasteiger partial charge in [-0.1, -0.05) is 42.0 Å². The van der Waals surface area contributed by atoms with Crippen molar-refractivity contribution in [3.63, 3.8) is 0 Å². The number of phenolic OH excluding ortho intramolecular Hbond substituents is 1. The van der Waals surface area contributed by atoms with Gasteiger partial charge in [-0.25, -0.2) is 5.43 Å². The molecule has 0 fully saturated rings. The van der Waals surface area contributed by atoms with Crippen LogP contribution in [0.3, 0.4) is 0 Å². The lowest BCUT2D eigenvalue weighted by molar-refractivity contribution is -0.139. The first-order valence-electron chi connectivity index (χ1n) is 7.01. The van der Waals surface area contributed by atoms with Crippen molar-refractivity contribution < 1.29 is 14.7 Å². The Hall–Kier alpha value is -3.15. The second-order valence-electron chi connectivity index (χ2n) is 4.93. The van der Waals surface area contributed by atoms with Gasteiger partial charge in [0, 0.05) is 12.1 Å². The summed E-state index contributed by atoms with van der Waals surface area (Å²) in [5.41, 5.74) is 4.57. The number of phenols is 1. The Labute approximate surface area is 133 Å². The summed E-state index contributed by atoms with van der Waals surface area (Å²) in [7, 11) is 0. The number of aromatic hydroxyl groups is 1. The minimum absolute atomic E-state index is 0.0364. The van der Waals surface area contributed by atoms with E-state index in [1.54, 1.807) is 18.2 Å². The van der Waals surface area contributed by atoms with Crippen LogP contribution in [-0.2, 0) is 16.1 Å². The zero-order valence-electron chi connectivity index (χ0n) is 12.6. The average molecular weight is 311 g/mol. The van der Waals surface area contributed by atoms with Gasteiger partial charge in [0.15, 0.2) is 0 Å². The Morgan fingerprint density at radius 1 is 1.09 bits per heavy atom. The largest absolute Gasteiger partial charge is 0.507 e. The van der Waals surface area contributed by atoms with E-state index in [0.717, 1.165) is 11.1 Å². The van der Waals surface area contributed by atoms with E-state index in [4.69, 9.17) is 0 Å². The molecule has 0 radical (unpaired) electrons. The first-order valence-corrected chi connectivity index (χ1v) is 7.01. The zero-order valence-corrected chi connectivity index (χ0v) is 12.6. The maximum absolute atomic E-state index is 11.6.